The van der Waals surface area contributed by atoms with Gasteiger partial charge in [0, 0.05) is 37.1 Å². The third-order valence-corrected chi connectivity index (χ3v) is 3.78. The van der Waals surface area contributed by atoms with E-state index in [1.807, 2.05) is 31.5 Å². The van der Waals surface area contributed by atoms with Crippen LogP contribution in [-0.4, -0.2) is 57.3 Å². The minimum absolute atomic E-state index is 0.0394. The molecule has 2 rings (SSSR count). The fraction of sp³-hybridized carbons (Fsp3) is 0.615. The van der Waals surface area contributed by atoms with Gasteiger partial charge in [0.25, 0.3) is 0 Å². The van der Waals surface area contributed by atoms with Crippen molar-refractivity contribution in [2.45, 2.75) is 26.1 Å². The molecule has 0 aromatic carbocycles. The molecule has 1 fully saturated rings. The number of ketones is 1. The lowest BCUT2D eigenvalue weighted by atomic mass is 10.1. The van der Waals surface area contributed by atoms with Crippen LogP contribution in [0.1, 0.15) is 21.7 Å². The summed E-state index contributed by atoms with van der Waals surface area (Å²) in [6.07, 6.45) is -1.48. The first kappa shape index (κ1) is 13.3. The summed E-state index contributed by atoms with van der Waals surface area (Å²) < 4.78 is 1.99. The normalized spacial score (nSPS) is 24.7. The first-order chi connectivity index (χ1) is 8.40. The highest BCUT2D eigenvalue weighted by Gasteiger charge is 2.31. The molecular weight excluding hydrogens is 232 g/mol. The zero-order valence-corrected chi connectivity index (χ0v) is 11.1. The van der Waals surface area contributed by atoms with E-state index in [0.29, 0.717) is 13.1 Å². The van der Waals surface area contributed by atoms with Crippen LogP contribution in [0.3, 0.4) is 0 Å². The molecule has 18 heavy (non-hydrogen) atoms. The van der Waals surface area contributed by atoms with Crippen molar-refractivity contribution in [3.8, 4) is 0 Å². The molecular formula is C13H20N2O3. The number of carbonyl (C=O) groups is 1. The van der Waals surface area contributed by atoms with E-state index >= 15 is 0 Å². The number of aliphatic hydroxyl groups is 2. The van der Waals surface area contributed by atoms with E-state index < -0.39 is 12.2 Å². The second-order valence-corrected chi connectivity index (χ2v) is 5.10. The van der Waals surface area contributed by atoms with Crippen molar-refractivity contribution in [3.05, 3.63) is 23.0 Å². The molecule has 0 spiro atoms. The first-order valence-electron chi connectivity index (χ1n) is 6.14. The van der Waals surface area contributed by atoms with E-state index in [9.17, 15) is 15.0 Å². The van der Waals surface area contributed by atoms with Crippen molar-refractivity contribution in [2.24, 2.45) is 7.05 Å². The molecule has 5 nitrogen and oxygen atoms in total. The molecule has 2 heterocycles. The molecule has 2 atom stereocenters. The standard InChI is InChI=1S/C13H20N2O3/c1-8-4-10(9(2)14(8)3)11(16)5-15-6-12(17)13(18)7-15/h4,12-13,17-18H,5-7H2,1-3H3. The van der Waals surface area contributed by atoms with Gasteiger partial charge in [0.15, 0.2) is 5.78 Å². The minimum Gasteiger partial charge on any atom is -0.389 e. The molecule has 1 aromatic rings. The number of aliphatic hydroxyl groups excluding tert-OH is 2. The smallest absolute Gasteiger partial charge is 0.178 e. The van der Waals surface area contributed by atoms with Crippen molar-refractivity contribution in [3.63, 3.8) is 0 Å². The monoisotopic (exact) mass is 252 g/mol. The Morgan fingerprint density at radius 3 is 2.33 bits per heavy atom. The van der Waals surface area contributed by atoms with Gasteiger partial charge in [-0.2, -0.15) is 0 Å². The molecule has 2 unspecified atom stereocenters. The van der Waals surface area contributed by atoms with Crippen molar-refractivity contribution in [1.29, 1.82) is 0 Å². The Balaban J connectivity index is 2.06. The number of β-amino-alcohol motifs (C(OH)–C–C–N with tert-alkyl or cyclic N) is 2. The lowest BCUT2D eigenvalue weighted by Crippen LogP contribution is -2.29. The van der Waals surface area contributed by atoms with Crippen LogP contribution in [0, 0.1) is 13.8 Å². The molecule has 1 aliphatic heterocycles. The minimum atomic E-state index is -0.739. The van der Waals surface area contributed by atoms with Gasteiger partial charge in [-0.1, -0.05) is 0 Å². The molecule has 0 radical (unpaired) electrons. The zero-order valence-electron chi connectivity index (χ0n) is 11.1. The van der Waals surface area contributed by atoms with Gasteiger partial charge < -0.3 is 14.8 Å². The van der Waals surface area contributed by atoms with Gasteiger partial charge in [-0.25, -0.2) is 0 Å². The third kappa shape index (κ3) is 2.34. The lowest BCUT2D eigenvalue weighted by Gasteiger charge is -2.13. The van der Waals surface area contributed by atoms with Crippen LogP contribution in [-0.2, 0) is 7.05 Å². The fourth-order valence-electron chi connectivity index (χ4n) is 2.40. The Bertz CT molecular complexity index is 457. The number of hydrogen-bond donors (Lipinski definition) is 2. The topological polar surface area (TPSA) is 65.7 Å². The Hall–Kier alpha value is -1.17. The predicted octanol–water partition coefficient (Wildman–Crippen LogP) is -0.138. The molecule has 100 valence electrons. The molecule has 0 aliphatic carbocycles. The largest absolute Gasteiger partial charge is 0.389 e. The highest BCUT2D eigenvalue weighted by molar-refractivity contribution is 5.99. The second-order valence-electron chi connectivity index (χ2n) is 5.10. The summed E-state index contributed by atoms with van der Waals surface area (Å²) in [5, 5.41) is 18.9. The highest BCUT2D eigenvalue weighted by Crippen LogP contribution is 2.16. The van der Waals surface area contributed by atoms with Crippen LogP contribution in [0.4, 0.5) is 0 Å². The number of aryl methyl sites for hydroxylation is 1. The average Bonchev–Trinajstić information content (AvgIpc) is 2.74. The van der Waals surface area contributed by atoms with Crippen molar-refractivity contribution in [2.75, 3.05) is 19.6 Å². The van der Waals surface area contributed by atoms with Gasteiger partial charge in [0.1, 0.15) is 0 Å². The van der Waals surface area contributed by atoms with Crippen molar-refractivity contribution in [1.82, 2.24) is 9.47 Å². The molecule has 1 saturated heterocycles. The molecule has 5 heteroatoms. The molecule has 0 bridgehead atoms. The Kier molecular flexibility index (Phi) is 3.56. The van der Waals surface area contributed by atoms with E-state index in [1.54, 1.807) is 4.90 Å². The van der Waals surface area contributed by atoms with E-state index in [0.717, 1.165) is 17.0 Å². The van der Waals surface area contributed by atoms with Crippen LogP contribution in [0.2, 0.25) is 0 Å². The summed E-state index contributed by atoms with van der Waals surface area (Å²) in [7, 11) is 1.94. The predicted molar refractivity (Wildman–Crippen MR) is 67.7 cm³/mol. The van der Waals surface area contributed by atoms with E-state index in [1.165, 1.54) is 0 Å². The summed E-state index contributed by atoms with van der Waals surface area (Å²) >= 11 is 0. The summed E-state index contributed by atoms with van der Waals surface area (Å²) in [6, 6.07) is 1.89. The van der Waals surface area contributed by atoms with Gasteiger partial charge in [0.2, 0.25) is 0 Å². The number of aromatic nitrogens is 1. The number of nitrogens with zero attached hydrogens (tertiary/aromatic N) is 2. The maximum Gasteiger partial charge on any atom is 0.178 e. The molecule has 1 aliphatic rings. The molecule has 0 saturated carbocycles. The van der Waals surface area contributed by atoms with Crippen molar-refractivity contribution >= 4 is 5.78 Å². The molecule has 1 aromatic heterocycles. The Morgan fingerprint density at radius 2 is 1.89 bits per heavy atom. The van der Waals surface area contributed by atoms with Gasteiger partial charge in [-0.3, -0.25) is 9.69 Å². The Labute approximate surface area is 107 Å². The highest BCUT2D eigenvalue weighted by atomic mass is 16.3. The first-order valence-corrected chi connectivity index (χ1v) is 6.14. The van der Waals surface area contributed by atoms with Crippen LogP contribution in [0.25, 0.3) is 0 Å². The van der Waals surface area contributed by atoms with Gasteiger partial charge in [0.05, 0.1) is 18.8 Å². The van der Waals surface area contributed by atoms with E-state index in [-0.39, 0.29) is 12.3 Å². The fourth-order valence-corrected chi connectivity index (χ4v) is 2.40. The van der Waals surface area contributed by atoms with Crippen LogP contribution < -0.4 is 0 Å². The third-order valence-electron chi connectivity index (χ3n) is 3.78. The summed E-state index contributed by atoms with van der Waals surface area (Å²) in [5.41, 5.74) is 2.74. The van der Waals surface area contributed by atoms with Gasteiger partial charge >= 0.3 is 0 Å². The van der Waals surface area contributed by atoms with E-state index in [4.69, 9.17) is 0 Å². The summed E-state index contributed by atoms with van der Waals surface area (Å²) in [6.45, 7) is 4.86. The lowest BCUT2D eigenvalue weighted by molar-refractivity contribution is 0.0572. The van der Waals surface area contributed by atoms with Crippen molar-refractivity contribution < 1.29 is 15.0 Å². The number of likely N-dealkylation sites (tertiary alicyclic amines) is 1. The SMILES string of the molecule is Cc1cc(C(=O)CN2CC(O)C(O)C2)c(C)n1C. The average molecular weight is 252 g/mol. The maximum absolute atomic E-state index is 12.2. The van der Waals surface area contributed by atoms with E-state index in [2.05, 4.69) is 0 Å². The summed E-state index contributed by atoms with van der Waals surface area (Å²) in [5.74, 6) is 0.0394. The number of carbonyl (C=O) groups excluding carboxylic acids is 1. The second kappa shape index (κ2) is 4.84. The molecule has 2 N–H and O–H groups in total. The van der Waals surface area contributed by atoms with Crippen LogP contribution >= 0.6 is 0 Å². The van der Waals surface area contributed by atoms with Crippen LogP contribution in [0.15, 0.2) is 6.07 Å². The Morgan fingerprint density at radius 1 is 1.33 bits per heavy atom. The zero-order chi connectivity index (χ0) is 13.4. The number of hydrogen-bond acceptors (Lipinski definition) is 4. The quantitative estimate of drug-likeness (QED) is 0.735. The molecule has 0 amide bonds. The summed E-state index contributed by atoms with van der Waals surface area (Å²) in [4.78, 5) is 14.0. The van der Waals surface area contributed by atoms with Gasteiger partial charge in [-0.05, 0) is 19.9 Å². The van der Waals surface area contributed by atoms with Crippen LogP contribution in [0.5, 0.6) is 0 Å². The maximum atomic E-state index is 12.2. The number of Topliss-reactive ketones (excluding diaryl/α,β-unsaturated/α-hetero) is 1. The number of rotatable bonds is 3. The van der Waals surface area contributed by atoms with Gasteiger partial charge in [-0.15, -0.1) is 0 Å².